The summed E-state index contributed by atoms with van der Waals surface area (Å²) < 4.78 is 15.4. The molecule has 0 aliphatic heterocycles. The van der Waals surface area contributed by atoms with Gasteiger partial charge in [0.1, 0.15) is 11.6 Å². The van der Waals surface area contributed by atoms with Gasteiger partial charge >= 0.3 is 0 Å². The number of rotatable bonds is 2. The maximum atomic E-state index is 14.1. The third-order valence-corrected chi connectivity index (χ3v) is 3.63. The van der Waals surface area contributed by atoms with Gasteiger partial charge < -0.3 is 5.73 Å². The Morgan fingerprint density at radius 3 is 2.81 bits per heavy atom. The van der Waals surface area contributed by atoms with Crippen LogP contribution in [0.1, 0.15) is 18.7 Å². The van der Waals surface area contributed by atoms with Gasteiger partial charge in [0.25, 0.3) is 5.56 Å². The fourth-order valence-corrected chi connectivity index (χ4v) is 2.54. The summed E-state index contributed by atoms with van der Waals surface area (Å²) in [5.74, 6) is -0.197. The Balaban J connectivity index is 2.52. The zero-order valence-electron chi connectivity index (χ0n) is 11.1. The number of fused-ring (bicyclic) bond motifs is 1. The standard InChI is InChI=1S/C14H12ClFN4O/c1-7(17)11-6-8-9(15)2-3-10(16)13(8)14(21)20(11)12-4-5-18-19-12/h2-7H,17H2,1H3,(H,18,19). The molecule has 0 amide bonds. The zero-order chi connectivity index (χ0) is 15.1. The number of H-pyrrole nitrogens is 1. The van der Waals surface area contributed by atoms with Gasteiger partial charge in [-0.3, -0.25) is 14.5 Å². The van der Waals surface area contributed by atoms with Crippen molar-refractivity contribution >= 4 is 22.4 Å². The van der Waals surface area contributed by atoms with Gasteiger partial charge in [-0.1, -0.05) is 11.6 Å². The van der Waals surface area contributed by atoms with Crippen LogP contribution in [0, 0.1) is 5.82 Å². The van der Waals surface area contributed by atoms with Crippen LogP contribution >= 0.6 is 11.6 Å². The Bertz CT molecular complexity index is 871. The van der Waals surface area contributed by atoms with Crippen molar-refractivity contribution < 1.29 is 4.39 Å². The van der Waals surface area contributed by atoms with E-state index in [-0.39, 0.29) is 5.39 Å². The van der Waals surface area contributed by atoms with E-state index in [9.17, 15) is 9.18 Å². The van der Waals surface area contributed by atoms with E-state index in [0.29, 0.717) is 21.9 Å². The van der Waals surface area contributed by atoms with Crippen LogP contribution in [-0.4, -0.2) is 14.8 Å². The Hall–Kier alpha value is -2.18. The van der Waals surface area contributed by atoms with E-state index < -0.39 is 17.4 Å². The number of hydrogen-bond donors (Lipinski definition) is 2. The third-order valence-electron chi connectivity index (χ3n) is 3.30. The summed E-state index contributed by atoms with van der Waals surface area (Å²) in [5.41, 5.74) is 5.93. The van der Waals surface area contributed by atoms with Crippen LogP contribution < -0.4 is 11.3 Å². The van der Waals surface area contributed by atoms with E-state index in [1.54, 1.807) is 19.1 Å². The Morgan fingerprint density at radius 2 is 2.19 bits per heavy atom. The molecule has 3 aromatic rings. The van der Waals surface area contributed by atoms with Gasteiger partial charge in [0, 0.05) is 28.2 Å². The van der Waals surface area contributed by atoms with E-state index >= 15 is 0 Å². The van der Waals surface area contributed by atoms with Crippen molar-refractivity contribution in [3.05, 3.63) is 57.3 Å². The molecule has 0 saturated carbocycles. The molecular weight excluding hydrogens is 295 g/mol. The molecule has 3 N–H and O–H groups in total. The number of aromatic amines is 1. The molecule has 0 spiro atoms. The minimum absolute atomic E-state index is 0.0681. The SMILES string of the molecule is CC(N)c1cc2c(Cl)ccc(F)c2c(=O)n1-c1ccn[nH]1. The van der Waals surface area contributed by atoms with Gasteiger partial charge in [-0.25, -0.2) is 4.39 Å². The molecule has 0 fully saturated rings. The summed E-state index contributed by atoms with van der Waals surface area (Å²) in [4.78, 5) is 12.7. The molecule has 108 valence electrons. The van der Waals surface area contributed by atoms with Crippen molar-refractivity contribution in [1.82, 2.24) is 14.8 Å². The van der Waals surface area contributed by atoms with Gasteiger partial charge in [0.15, 0.2) is 0 Å². The molecule has 0 aliphatic rings. The Morgan fingerprint density at radius 1 is 1.43 bits per heavy atom. The molecule has 0 radical (unpaired) electrons. The van der Waals surface area contributed by atoms with E-state index in [1.165, 1.54) is 22.9 Å². The highest BCUT2D eigenvalue weighted by Gasteiger charge is 2.18. The molecule has 3 rings (SSSR count). The zero-order valence-corrected chi connectivity index (χ0v) is 11.9. The smallest absolute Gasteiger partial charge is 0.267 e. The molecule has 21 heavy (non-hydrogen) atoms. The van der Waals surface area contributed by atoms with E-state index in [0.717, 1.165) is 0 Å². The Kier molecular flexibility index (Phi) is 3.27. The molecule has 5 nitrogen and oxygen atoms in total. The molecule has 1 aromatic carbocycles. The van der Waals surface area contributed by atoms with Crippen LogP contribution in [-0.2, 0) is 0 Å². The van der Waals surface area contributed by atoms with Crippen molar-refractivity contribution in [2.45, 2.75) is 13.0 Å². The van der Waals surface area contributed by atoms with E-state index in [2.05, 4.69) is 10.2 Å². The first kappa shape index (κ1) is 13.8. The molecule has 0 saturated heterocycles. The van der Waals surface area contributed by atoms with Crippen LogP contribution in [0.3, 0.4) is 0 Å². The monoisotopic (exact) mass is 306 g/mol. The lowest BCUT2D eigenvalue weighted by atomic mass is 10.1. The van der Waals surface area contributed by atoms with Crippen molar-refractivity contribution in [1.29, 1.82) is 0 Å². The molecule has 0 aliphatic carbocycles. The predicted octanol–water partition coefficient (Wildman–Crippen LogP) is 2.53. The lowest BCUT2D eigenvalue weighted by Gasteiger charge is -2.16. The van der Waals surface area contributed by atoms with Crippen molar-refractivity contribution in [2.24, 2.45) is 5.73 Å². The first-order valence-corrected chi connectivity index (χ1v) is 6.67. The van der Waals surface area contributed by atoms with Crippen molar-refractivity contribution in [3.63, 3.8) is 0 Å². The second-order valence-corrected chi connectivity index (χ2v) is 5.17. The fourth-order valence-electron chi connectivity index (χ4n) is 2.32. The maximum absolute atomic E-state index is 14.1. The quantitative estimate of drug-likeness (QED) is 0.764. The number of nitrogens with two attached hydrogens (primary N) is 1. The average molecular weight is 307 g/mol. The minimum Gasteiger partial charge on any atom is -0.323 e. The van der Waals surface area contributed by atoms with Crippen molar-refractivity contribution in [2.75, 3.05) is 0 Å². The van der Waals surface area contributed by atoms with E-state index in [1.807, 2.05) is 0 Å². The summed E-state index contributed by atoms with van der Waals surface area (Å²) in [6.07, 6.45) is 1.51. The lowest BCUT2D eigenvalue weighted by molar-refractivity contribution is 0.636. The highest BCUT2D eigenvalue weighted by atomic mass is 35.5. The maximum Gasteiger partial charge on any atom is 0.267 e. The summed E-state index contributed by atoms with van der Waals surface area (Å²) in [5, 5.41) is 7.10. The number of benzene rings is 1. The third kappa shape index (κ3) is 2.12. The van der Waals surface area contributed by atoms with E-state index in [4.69, 9.17) is 17.3 Å². The summed E-state index contributed by atoms with van der Waals surface area (Å²) in [7, 11) is 0. The van der Waals surface area contributed by atoms with Gasteiger partial charge in [-0.15, -0.1) is 0 Å². The average Bonchev–Trinajstić information content (AvgIpc) is 2.95. The van der Waals surface area contributed by atoms with Crippen LogP contribution in [0.5, 0.6) is 0 Å². The molecular formula is C14H12ClFN4O. The second kappa shape index (κ2) is 4.98. The van der Waals surface area contributed by atoms with Gasteiger partial charge in [-0.2, -0.15) is 5.10 Å². The summed E-state index contributed by atoms with van der Waals surface area (Å²) in [6, 6.07) is 5.40. The fraction of sp³-hybridized carbons (Fsp3) is 0.143. The van der Waals surface area contributed by atoms with Crippen LogP contribution in [0.15, 0.2) is 35.3 Å². The molecule has 1 atom stereocenters. The number of hydrogen-bond acceptors (Lipinski definition) is 3. The highest BCUT2D eigenvalue weighted by molar-refractivity contribution is 6.35. The predicted molar refractivity (Wildman–Crippen MR) is 79.3 cm³/mol. The number of nitrogens with zero attached hydrogens (tertiary/aromatic N) is 2. The normalized spacial score (nSPS) is 12.8. The summed E-state index contributed by atoms with van der Waals surface area (Å²) in [6.45, 7) is 1.74. The second-order valence-electron chi connectivity index (χ2n) is 4.76. The van der Waals surface area contributed by atoms with Crippen LogP contribution in [0.2, 0.25) is 5.02 Å². The first-order chi connectivity index (χ1) is 10.0. The minimum atomic E-state index is -0.621. The molecule has 2 aromatic heterocycles. The number of nitrogens with one attached hydrogen (secondary N) is 1. The number of aromatic nitrogens is 3. The van der Waals surface area contributed by atoms with Gasteiger partial charge in [0.05, 0.1) is 11.6 Å². The topological polar surface area (TPSA) is 76.7 Å². The number of halogens is 2. The van der Waals surface area contributed by atoms with Crippen LogP contribution in [0.4, 0.5) is 4.39 Å². The Labute approximate surface area is 124 Å². The van der Waals surface area contributed by atoms with Gasteiger partial charge in [-0.05, 0) is 25.1 Å². The molecule has 0 bridgehead atoms. The lowest BCUT2D eigenvalue weighted by Crippen LogP contribution is -2.26. The summed E-state index contributed by atoms with van der Waals surface area (Å²) >= 11 is 6.08. The largest absolute Gasteiger partial charge is 0.323 e. The molecule has 7 heteroatoms. The van der Waals surface area contributed by atoms with Gasteiger partial charge in [0.2, 0.25) is 0 Å². The van der Waals surface area contributed by atoms with Crippen LogP contribution in [0.25, 0.3) is 16.6 Å². The number of pyridine rings is 1. The van der Waals surface area contributed by atoms with Crippen molar-refractivity contribution in [3.8, 4) is 5.82 Å². The first-order valence-electron chi connectivity index (χ1n) is 6.29. The molecule has 1 unspecified atom stereocenters. The molecule has 2 heterocycles. The highest BCUT2D eigenvalue weighted by Crippen LogP contribution is 2.26.